The predicted octanol–water partition coefficient (Wildman–Crippen LogP) is 1.21. The van der Waals surface area contributed by atoms with Gasteiger partial charge in [-0.25, -0.2) is 15.0 Å². The largest absolute Gasteiger partial charge is 0.382 e. The summed E-state index contributed by atoms with van der Waals surface area (Å²) in [5, 5.41) is 0. The molecule has 106 valence electrons. The number of rotatable bonds is 3. The van der Waals surface area contributed by atoms with Crippen LogP contribution in [0.25, 0.3) is 11.0 Å². The number of nitrogens with zero attached hydrogens (tertiary/aromatic N) is 4. The Bertz CT molecular complexity index is 764. The van der Waals surface area contributed by atoms with Crippen LogP contribution in [0.4, 0.5) is 5.82 Å². The Labute approximate surface area is 120 Å². The molecule has 0 spiro atoms. The number of aromatic nitrogens is 4. The number of aromatic amines is 1. The van der Waals surface area contributed by atoms with Gasteiger partial charge in [-0.15, -0.1) is 0 Å². The van der Waals surface area contributed by atoms with Gasteiger partial charge in [0.05, 0.1) is 17.6 Å². The number of anilines is 1. The third-order valence-corrected chi connectivity index (χ3v) is 3.10. The second kappa shape index (κ2) is 5.20. The Morgan fingerprint density at radius 3 is 2.81 bits per heavy atom. The highest BCUT2D eigenvalue weighted by molar-refractivity contribution is 5.96. The topological polar surface area (TPSA) is 101 Å². The highest BCUT2D eigenvalue weighted by Gasteiger charge is 2.18. The quantitative estimate of drug-likeness (QED) is 0.752. The molecule has 0 fully saturated rings. The number of para-hydroxylation sites is 2. The zero-order valence-electron chi connectivity index (χ0n) is 11.4. The fourth-order valence-corrected chi connectivity index (χ4v) is 2.07. The number of hydrogen-bond acceptors (Lipinski definition) is 5. The predicted molar refractivity (Wildman–Crippen MR) is 78.3 cm³/mol. The lowest BCUT2D eigenvalue weighted by Crippen LogP contribution is -2.28. The fraction of sp³-hybridized carbons (Fsp3) is 0.143. The minimum Gasteiger partial charge on any atom is -0.382 e. The van der Waals surface area contributed by atoms with Crippen LogP contribution in [0.5, 0.6) is 0 Å². The number of hydrogen-bond donors (Lipinski definition) is 2. The van der Waals surface area contributed by atoms with Crippen LogP contribution in [0.3, 0.4) is 0 Å². The Hall–Kier alpha value is -2.96. The van der Waals surface area contributed by atoms with Crippen LogP contribution in [-0.2, 0) is 6.54 Å². The molecule has 0 unspecified atom stereocenters. The normalized spacial score (nSPS) is 10.7. The number of benzene rings is 1. The van der Waals surface area contributed by atoms with Crippen LogP contribution in [0.1, 0.15) is 16.3 Å². The molecule has 3 aromatic rings. The molecule has 1 amide bonds. The summed E-state index contributed by atoms with van der Waals surface area (Å²) in [4.78, 5) is 29.2. The minimum atomic E-state index is -0.291. The van der Waals surface area contributed by atoms with E-state index in [1.54, 1.807) is 7.05 Å². The van der Waals surface area contributed by atoms with E-state index in [1.807, 2.05) is 24.3 Å². The number of amides is 1. The molecule has 2 heterocycles. The number of carbonyl (C=O) groups is 1. The summed E-state index contributed by atoms with van der Waals surface area (Å²) < 4.78 is 0. The van der Waals surface area contributed by atoms with E-state index in [1.165, 1.54) is 17.3 Å². The molecule has 2 aromatic heterocycles. The molecule has 3 N–H and O–H groups in total. The monoisotopic (exact) mass is 282 g/mol. The van der Waals surface area contributed by atoms with Gasteiger partial charge in [-0.05, 0) is 12.1 Å². The lowest BCUT2D eigenvalue weighted by molar-refractivity contribution is 0.0777. The lowest BCUT2D eigenvalue weighted by Gasteiger charge is -2.15. The van der Waals surface area contributed by atoms with Crippen LogP contribution in [0.15, 0.2) is 36.7 Å². The van der Waals surface area contributed by atoms with E-state index < -0.39 is 0 Å². The van der Waals surface area contributed by atoms with Crippen molar-refractivity contribution < 1.29 is 4.79 Å². The van der Waals surface area contributed by atoms with Gasteiger partial charge >= 0.3 is 0 Å². The average Bonchev–Trinajstić information content (AvgIpc) is 2.89. The molecule has 7 heteroatoms. The molecular formula is C14H14N6O. The van der Waals surface area contributed by atoms with Gasteiger partial charge in [-0.2, -0.15) is 0 Å². The maximum atomic E-state index is 12.3. The van der Waals surface area contributed by atoms with Crippen LogP contribution in [0, 0.1) is 0 Å². The maximum absolute atomic E-state index is 12.3. The van der Waals surface area contributed by atoms with Gasteiger partial charge in [-0.1, -0.05) is 12.1 Å². The first-order chi connectivity index (χ1) is 10.1. The first kappa shape index (κ1) is 13.0. The Morgan fingerprint density at radius 2 is 2.05 bits per heavy atom. The summed E-state index contributed by atoms with van der Waals surface area (Å²) in [5.41, 5.74) is 7.62. The molecule has 0 atom stereocenters. The first-order valence-corrected chi connectivity index (χ1v) is 6.40. The number of nitrogens with one attached hydrogen (secondary N) is 1. The number of nitrogen functional groups attached to an aromatic ring is 1. The van der Waals surface area contributed by atoms with Gasteiger partial charge in [-0.3, -0.25) is 4.79 Å². The van der Waals surface area contributed by atoms with Gasteiger partial charge in [0.2, 0.25) is 0 Å². The summed E-state index contributed by atoms with van der Waals surface area (Å²) in [7, 11) is 1.67. The van der Waals surface area contributed by atoms with Crippen molar-refractivity contribution in [3.05, 3.63) is 48.2 Å². The molecule has 3 rings (SSSR count). The van der Waals surface area contributed by atoms with Crippen molar-refractivity contribution in [3.63, 3.8) is 0 Å². The number of fused-ring (bicyclic) bond motifs is 1. The van der Waals surface area contributed by atoms with Crippen LogP contribution in [0.2, 0.25) is 0 Å². The Balaban J connectivity index is 1.81. The molecule has 7 nitrogen and oxygen atoms in total. The zero-order valence-corrected chi connectivity index (χ0v) is 11.4. The fourth-order valence-electron chi connectivity index (χ4n) is 2.07. The minimum absolute atomic E-state index is 0.124. The molecule has 0 radical (unpaired) electrons. The van der Waals surface area contributed by atoms with Crippen molar-refractivity contribution in [3.8, 4) is 0 Å². The van der Waals surface area contributed by atoms with E-state index in [4.69, 9.17) is 5.73 Å². The third-order valence-electron chi connectivity index (χ3n) is 3.10. The van der Waals surface area contributed by atoms with E-state index in [2.05, 4.69) is 19.9 Å². The number of carbonyl (C=O) groups excluding carboxylic acids is 1. The van der Waals surface area contributed by atoms with Crippen molar-refractivity contribution in [2.45, 2.75) is 6.54 Å². The van der Waals surface area contributed by atoms with Crippen molar-refractivity contribution in [2.75, 3.05) is 12.8 Å². The molecule has 0 saturated carbocycles. The summed E-state index contributed by atoms with van der Waals surface area (Å²) in [6, 6.07) is 7.70. The number of imidazole rings is 1. The second-order valence-electron chi connectivity index (χ2n) is 4.65. The summed E-state index contributed by atoms with van der Waals surface area (Å²) in [6.45, 7) is 0.337. The summed E-state index contributed by atoms with van der Waals surface area (Å²) in [5.74, 6) is 0.537. The molecule has 0 bridgehead atoms. The molecule has 1 aromatic carbocycles. The van der Waals surface area contributed by atoms with Gasteiger partial charge in [0.25, 0.3) is 5.91 Å². The molecule has 0 aliphatic carbocycles. The van der Waals surface area contributed by atoms with Crippen LogP contribution < -0.4 is 5.73 Å². The number of H-pyrrole nitrogens is 1. The number of nitrogens with two attached hydrogens (primary N) is 1. The van der Waals surface area contributed by atoms with E-state index in [-0.39, 0.29) is 17.4 Å². The summed E-state index contributed by atoms with van der Waals surface area (Å²) >= 11 is 0. The SMILES string of the molecule is CN(Cc1nc2ccccc2[nH]1)C(=O)c1nccnc1N. The highest BCUT2D eigenvalue weighted by atomic mass is 16.2. The van der Waals surface area contributed by atoms with Crippen LogP contribution in [-0.4, -0.2) is 37.8 Å². The summed E-state index contributed by atoms with van der Waals surface area (Å²) in [6.07, 6.45) is 2.89. The zero-order chi connectivity index (χ0) is 14.8. The molecule has 0 aliphatic heterocycles. The van der Waals surface area contributed by atoms with Gasteiger partial charge < -0.3 is 15.6 Å². The van der Waals surface area contributed by atoms with Gasteiger partial charge in [0.1, 0.15) is 5.82 Å². The van der Waals surface area contributed by atoms with Crippen molar-refractivity contribution in [1.29, 1.82) is 0 Å². The van der Waals surface area contributed by atoms with Crippen LogP contribution >= 0.6 is 0 Å². The first-order valence-electron chi connectivity index (χ1n) is 6.40. The molecule has 21 heavy (non-hydrogen) atoms. The van der Waals surface area contributed by atoms with E-state index in [0.717, 1.165) is 11.0 Å². The van der Waals surface area contributed by atoms with Crippen molar-refractivity contribution in [2.24, 2.45) is 0 Å². The average molecular weight is 282 g/mol. The van der Waals surface area contributed by atoms with Crippen molar-refractivity contribution in [1.82, 2.24) is 24.8 Å². The Kier molecular flexibility index (Phi) is 3.23. The standard InChI is InChI=1S/C14H14N6O/c1-20(14(21)12-13(15)17-7-6-16-12)8-11-18-9-4-2-3-5-10(9)19-11/h2-7H,8H2,1H3,(H2,15,17)(H,18,19). The maximum Gasteiger partial charge on any atom is 0.276 e. The Morgan fingerprint density at radius 1 is 1.29 bits per heavy atom. The van der Waals surface area contributed by atoms with E-state index in [9.17, 15) is 4.79 Å². The van der Waals surface area contributed by atoms with E-state index >= 15 is 0 Å². The smallest absolute Gasteiger partial charge is 0.276 e. The highest BCUT2D eigenvalue weighted by Crippen LogP contribution is 2.13. The lowest BCUT2D eigenvalue weighted by atomic mass is 10.3. The molecular weight excluding hydrogens is 268 g/mol. The van der Waals surface area contributed by atoms with E-state index in [0.29, 0.717) is 12.4 Å². The van der Waals surface area contributed by atoms with Crippen molar-refractivity contribution >= 4 is 22.8 Å². The third kappa shape index (κ3) is 2.53. The molecule has 0 aliphatic rings. The van der Waals surface area contributed by atoms with Gasteiger partial charge in [0, 0.05) is 19.4 Å². The molecule has 0 saturated heterocycles. The second-order valence-corrected chi connectivity index (χ2v) is 4.65. The van der Waals surface area contributed by atoms with Gasteiger partial charge in [0.15, 0.2) is 11.5 Å².